The first-order valence-corrected chi connectivity index (χ1v) is 33.0. The van der Waals surface area contributed by atoms with E-state index in [2.05, 4.69) is 172 Å². The lowest BCUT2D eigenvalue weighted by molar-refractivity contribution is -0.161. The fraction of sp³-hybridized carbons (Fsp3) is 0.627. The van der Waals surface area contributed by atoms with Crippen molar-refractivity contribution in [2.75, 3.05) is 13.2 Å². The molecule has 0 aliphatic rings. The van der Waals surface area contributed by atoms with Crippen LogP contribution in [0.1, 0.15) is 284 Å². The highest BCUT2D eigenvalue weighted by molar-refractivity contribution is 5.70. The van der Waals surface area contributed by atoms with Gasteiger partial charge in [-0.1, -0.05) is 307 Å². The number of aliphatic hydroxyl groups is 1. The summed E-state index contributed by atoms with van der Waals surface area (Å²) >= 11 is 0. The van der Waals surface area contributed by atoms with Gasteiger partial charge in [0.25, 0.3) is 0 Å². The lowest BCUT2D eigenvalue weighted by Crippen LogP contribution is -2.28. The van der Waals surface area contributed by atoms with Gasteiger partial charge in [-0.15, -0.1) is 0 Å². The van der Waals surface area contributed by atoms with E-state index in [4.69, 9.17) is 9.47 Å². The first-order valence-electron chi connectivity index (χ1n) is 33.0. The third kappa shape index (κ3) is 66.0. The van der Waals surface area contributed by atoms with Gasteiger partial charge < -0.3 is 14.6 Å². The molecule has 0 radical (unpaired) electrons. The smallest absolute Gasteiger partial charge is 0.306 e. The number of allylic oxidation sites excluding steroid dienone is 26. The molecule has 1 atom stereocenters. The molecule has 0 fully saturated rings. The fourth-order valence-corrected chi connectivity index (χ4v) is 8.95. The van der Waals surface area contributed by atoms with E-state index in [-0.39, 0.29) is 25.2 Å². The Morgan fingerprint density at radius 3 is 0.750 bits per heavy atom. The zero-order chi connectivity index (χ0) is 57.6. The van der Waals surface area contributed by atoms with E-state index in [9.17, 15) is 14.7 Å². The van der Waals surface area contributed by atoms with Crippen LogP contribution in [0, 0.1) is 0 Å². The van der Waals surface area contributed by atoms with Crippen molar-refractivity contribution < 1.29 is 24.2 Å². The molecular formula is C75H122O5. The summed E-state index contributed by atoms with van der Waals surface area (Å²) in [5.74, 6) is -0.609. The summed E-state index contributed by atoms with van der Waals surface area (Å²) in [4.78, 5) is 24.6. The molecule has 1 unspecified atom stereocenters. The number of rotatable bonds is 59. The minimum atomic E-state index is -0.792. The molecule has 0 aliphatic heterocycles. The van der Waals surface area contributed by atoms with Crippen molar-refractivity contribution in [3.05, 3.63) is 158 Å². The summed E-state index contributed by atoms with van der Waals surface area (Å²) in [6.45, 7) is 3.91. The zero-order valence-corrected chi connectivity index (χ0v) is 51.8. The molecule has 0 rings (SSSR count). The average Bonchev–Trinajstić information content (AvgIpc) is 3.46. The van der Waals surface area contributed by atoms with E-state index in [1.165, 1.54) is 128 Å². The maximum Gasteiger partial charge on any atom is 0.306 e. The van der Waals surface area contributed by atoms with E-state index in [1.54, 1.807) is 0 Å². The van der Waals surface area contributed by atoms with Gasteiger partial charge in [-0.3, -0.25) is 9.59 Å². The molecule has 0 saturated carbocycles. The molecule has 5 heteroatoms. The van der Waals surface area contributed by atoms with Gasteiger partial charge >= 0.3 is 11.9 Å². The van der Waals surface area contributed by atoms with Crippen LogP contribution in [0.15, 0.2) is 158 Å². The Hall–Kier alpha value is -4.48. The number of unbranched alkanes of at least 4 members (excludes halogenated alkanes) is 25. The van der Waals surface area contributed by atoms with Crippen LogP contribution >= 0.6 is 0 Å². The Labute approximate surface area is 494 Å². The number of aliphatic hydroxyl groups excluding tert-OH is 1. The molecule has 452 valence electrons. The van der Waals surface area contributed by atoms with E-state index < -0.39 is 6.10 Å². The number of carbonyl (C=O) groups excluding carboxylic acids is 2. The second-order valence-electron chi connectivity index (χ2n) is 21.4. The van der Waals surface area contributed by atoms with Gasteiger partial charge in [-0.05, 0) is 122 Å². The van der Waals surface area contributed by atoms with E-state index in [1.807, 2.05) is 0 Å². The van der Waals surface area contributed by atoms with E-state index >= 15 is 0 Å². The Balaban J connectivity index is 3.54. The molecule has 0 spiro atoms. The maximum atomic E-state index is 12.3. The van der Waals surface area contributed by atoms with Crippen LogP contribution in [0.2, 0.25) is 0 Å². The van der Waals surface area contributed by atoms with Crippen LogP contribution in [0.4, 0.5) is 0 Å². The third-order valence-corrected chi connectivity index (χ3v) is 13.8. The van der Waals surface area contributed by atoms with Crippen molar-refractivity contribution in [3.63, 3.8) is 0 Å². The summed E-state index contributed by atoms with van der Waals surface area (Å²) in [6, 6.07) is 0. The molecule has 0 amide bonds. The molecule has 0 saturated heterocycles. The van der Waals surface area contributed by atoms with Gasteiger partial charge in [0.15, 0.2) is 6.10 Å². The molecule has 0 aromatic carbocycles. The highest BCUT2D eigenvalue weighted by atomic mass is 16.6. The second kappa shape index (κ2) is 68.8. The average molecular weight is 1100 g/mol. The minimum absolute atomic E-state index is 0.0789. The minimum Gasteiger partial charge on any atom is -0.462 e. The van der Waals surface area contributed by atoms with Crippen molar-refractivity contribution >= 4 is 11.9 Å². The SMILES string of the molecule is CC/C=C\C/C=C\C/C=C\C/C=C\C/C=C\C/C=C\C/C=C\C/C=C\CCCCCCCCC(=O)OC(CO)COC(=O)CCCCCCCCCCCCCCCCCCCCC/C=C\C/C=C\C/C=C\C/C=C\C/C=C\CC. The van der Waals surface area contributed by atoms with Gasteiger partial charge in [0, 0.05) is 12.8 Å². The van der Waals surface area contributed by atoms with Gasteiger partial charge in [-0.2, -0.15) is 0 Å². The predicted molar refractivity (Wildman–Crippen MR) is 352 cm³/mol. The largest absolute Gasteiger partial charge is 0.462 e. The number of ether oxygens (including phenoxy) is 2. The molecule has 0 aliphatic carbocycles. The Morgan fingerprint density at radius 1 is 0.287 bits per heavy atom. The third-order valence-electron chi connectivity index (χ3n) is 13.8. The lowest BCUT2D eigenvalue weighted by Gasteiger charge is -2.15. The Kier molecular flexibility index (Phi) is 64.9. The van der Waals surface area contributed by atoms with Crippen LogP contribution in [0.5, 0.6) is 0 Å². The molecule has 0 aromatic rings. The monoisotopic (exact) mass is 1100 g/mol. The van der Waals surface area contributed by atoms with Crippen LogP contribution in [-0.2, 0) is 19.1 Å². The maximum absolute atomic E-state index is 12.3. The van der Waals surface area contributed by atoms with Crippen molar-refractivity contribution in [1.29, 1.82) is 0 Å². The van der Waals surface area contributed by atoms with Crippen LogP contribution in [0.25, 0.3) is 0 Å². The quantitative estimate of drug-likeness (QED) is 0.0373. The van der Waals surface area contributed by atoms with Crippen molar-refractivity contribution in [1.82, 2.24) is 0 Å². The number of hydrogen-bond donors (Lipinski definition) is 1. The second-order valence-corrected chi connectivity index (χ2v) is 21.4. The molecule has 0 heterocycles. The first-order chi connectivity index (χ1) is 39.6. The van der Waals surface area contributed by atoms with Crippen LogP contribution in [0.3, 0.4) is 0 Å². The van der Waals surface area contributed by atoms with Gasteiger partial charge in [-0.25, -0.2) is 0 Å². The molecule has 5 nitrogen and oxygen atoms in total. The topological polar surface area (TPSA) is 72.8 Å². The number of carbonyl (C=O) groups is 2. The van der Waals surface area contributed by atoms with Crippen LogP contribution in [-0.4, -0.2) is 36.4 Å². The molecule has 0 aromatic heterocycles. The highest BCUT2D eigenvalue weighted by Gasteiger charge is 2.16. The Morgan fingerprint density at radius 2 is 0.500 bits per heavy atom. The van der Waals surface area contributed by atoms with Crippen molar-refractivity contribution in [3.8, 4) is 0 Å². The fourth-order valence-electron chi connectivity index (χ4n) is 8.95. The highest BCUT2D eigenvalue weighted by Crippen LogP contribution is 2.16. The number of esters is 2. The van der Waals surface area contributed by atoms with Gasteiger partial charge in [0.2, 0.25) is 0 Å². The first kappa shape index (κ1) is 75.5. The standard InChI is InChI=1S/C75H122O5/c1-3-5-7-9-11-13-15-17-19-21-23-25-27-29-31-33-35-36-37-38-40-41-43-45-47-49-51-53-55-57-59-61-63-65-67-69-74(77)79-72-73(71-76)80-75(78)70-68-66-64-62-60-58-56-54-52-50-48-46-44-42-39-34-32-30-28-26-24-22-20-18-16-14-12-10-8-6-4-2/h5-8,11-14,17-20,23-26,29-32,39,42,46,48,52,54,73,76H,3-4,9-10,15-16,21-22,27-28,33-38,40-41,43-45,47,49-51,53,55-72H2,1-2H3/b7-5-,8-6-,13-11-,14-12-,19-17-,20-18-,25-23-,26-24-,31-29-,32-30-,42-39-,48-46-,54-52-. The van der Waals surface area contributed by atoms with E-state index in [0.717, 1.165) is 128 Å². The van der Waals surface area contributed by atoms with Gasteiger partial charge in [0.05, 0.1) is 6.61 Å². The number of hydrogen-bond acceptors (Lipinski definition) is 5. The van der Waals surface area contributed by atoms with Crippen molar-refractivity contribution in [2.24, 2.45) is 0 Å². The summed E-state index contributed by atoms with van der Waals surface area (Å²) in [5.41, 5.74) is 0. The summed E-state index contributed by atoms with van der Waals surface area (Å²) in [7, 11) is 0. The molecular weight excluding hydrogens is 981 g/mol. The predicted octanol–water partition coefficient (Wildman–Crippen LogP) is 23.1. The molecule has 0 bridgehead atoms. The molecule has 1 N–H and O–H groups in total. The van der Waals surface area contributed by atoms with Crippen molar-refractivity contribution in [2.45, 2.75) is 290 Å². The Bertz CT molecular complexity index is 1730. The summed E-state index contributed by atoms with van der Waals surface area (Å²) < 4.78 is 10.7. The molecule has 80 heavy (non-hydrogen) atoms. The van der Waals surface area contributed by atoms with Gasteiger partial charge in [0.1, 0.15) is 6.61 Å². The summed E-state index contributed by atoms with van der Waals surface area (Å²) in [6.07, 6.45) is 105. The normalized spacial score (nSPS) is 13.3. The van der Waals surface area contributed by atoms with E-state index in [0.29, 0.717) is 12.8 Å². The summed E-state index contributed by atoms with van der Waals surface area (Å²) in [5, 5.41) is 9.69. The van der Waals surface area contributed by atoms with Crippen LogP contribution < -0.4 is 0 Å². The zero-order valence-electron chi connectivity index (χ0n) is 51.8. The lowest BCUT2D eigenvalue weighted by atomic mass is 10.0.